The molecule has 0 aromatic carbocycles. The lowest BCUT2D eigenvalue weighted by atomic mass is 10.1. The lowest BCUT2D eigenvalue weighted by Crippen LogP contribution is -2.43. The monoisotopic (exact) mass is 372 g/mol. The van der Waals surface area contributed by atoms with Crippen LogP contribution in [-0.4, -0.2) is 59.7 Å². The van der Waals surface area contributed by atoms with E-state index in [1.54, 1.807) is 35.9 Å². The number of aryl methyl sites for hydroxylation is 1. The van der Waals surface area contributed by atoms with E-state index in [0.717, 1.165) is 12.2 Å². The van der Waals surface area contributed by atoms with E-state index in [1.165, 1.54) is 7.11 Å². The first kappa shape index (κ1) is 21.3. The van der Waals surface area contributed by atoms with Crippen molar-refractivity contribution in [3.8, 4) is 0 Å². The van der Waals surface area contributed by atoms with Gasteiger partial charge in [0.1, 0.15) is 6.04 Å². The molecule has 1 heterocycles. The second kappa shape index (κ2) is 10.3. The highest BCUT2D eigenvalue weighted by atomic mass is 32.2. The zero-order valence-corrected chi connectivity index (χ0v) is 16.3. The van der Waals surface area contributed by atoms with Crippen LogP contribution < -0.4 is 10.6 Å². The fraction of sp³-hybridized carbons (Fsp3) is 0.688. The van der Waals surface area contributed by atoms with E-state index >= 15 is 0 Å². The molecule has 0 saturated carbocycles. The summed E-state index contributed by atoms with van der Waals surface area (Å²) < 4.78 is 11.8. The number of hydrogen-bond donors (Lipinski definition) is 2. The van der Waals surface area contributed by atoms with Crippen LogP contribution in [0.3, 0.4) is 0 Å². The Bertz CT molecular complexity index is 562. The Labute approximate surface area is 153 Å². The second-order valence-corrected chi connectivity index (χ2v) is 7.15. The van der Waals surface area contributed by atoms with Gasteiger partial charge in [-0.25, -0.2) is 9.59 Å². The number of methoxy groups -OCH3 is 2. The molecule has 1 aromatic rings. The first-order valence-corrected chi connectivity index (χ1v) is 9.42. The van der Waals surface area contributed by atoms with E-state index in [9.17, 15) is 9.59 Å². The number of thioether (sulfide) groups is 1. The summed E-state index contributed by atoms with van der Waals surface area (Å²) >= 11 is 1.60. The number of urea groups is 1. The Kier molecular flexibility index (Phi) is 8.77. The van der Waals surface area contributed by atoms with Gasteiger partial charge in [-0.3, -0.25) is 4.68 Å². The second-order valence-electron chi connectivity index (χ2n) is 6.16. The van der Waals surface area contributed by atoms with Crippen molar-refractivity contribution in [2.75, 3.05) is 31.5 Å². The van der Waals surface area contributed by atoms with Gasteiger partial charge in [0.15, 0.2) is 0 Å². The molecule has 0 fully saturated rings. The van der Waals surface area contributed by atoms with Crippen molar-refractivity contribution in [1.29, 1.82) is 0 Å². The van der Waals surface area contributed by atoms with Gasteiger partial charge in [0, 0.05) is 19.9 Å². The Morgan fingerprint density at radius 3 is 2.72 bits per heavy atom. The van der Waals surface area contributed by atoms with E-state index < -0.39 is 18.0 Å². The quantitative estimate of drug-likeness (QED) is 0.611. The maximum atomic E-state index is 12.1. The predicted octanol–water partition coefficient (Wildman–Crippen LogP) is 2.11. The maximum Gasteiger partial charge on any atom is 0.328 e. The van der Waals surface area contributed by atoms with Crippen LogP contribution in [0.1, 0.15) is 26.7 Å². The molecule has 0 aliphatic rings. The third-order valence-corrected chi connectivity index (χ3v) is 4.43. The normalized spacial score (nSPS) is 12.5. The molecule has 0 aliphatic carbocycles. The summed E-state index contributed by atoms with van der Waals surface area (Å²) in [6.07, 6.45) is 6.53. The number of rotatable bonds is 10. The zero-order chi connectivity index (χ0) is 18.9. The summed E-state index contributed by atoms with van der Waals surface area (Å²) in [7, 11) is 2.98. The highest BCUT2D eigenvalue weighted by Crippen LogP contribution is 2.15. The smallest absolute Gasteiger partial charge is 0.328 e. The molecular formula is C16H28N4O4S. The van der Waals surface area contributed by atoms with Crippen LogP contribution in [0.4, 0.5) is 10.5 Å². The molecule has 0 aliphatic heterocycles. The summed E-state index contributed by atoms with van der Waals surface area (Å²) in [4.78, 5) is 23.8. The fourth-order valence-electron chi connectivity index (χ4n) is 1.99. The molecule has 0 spiro atoms. The summed E-state index contributed by atoms with van der Waals surface area (Å²) in [5, 5.41) is 9.52. The van der Waals surface area contributed by atoms with Gasteiger partial charge in [-0.15, -0.1) is 0 Å². The van der Waals surface area contributed by atoms with Crippen molar-refractivity contribution < 1.29 is 19.1 Å². The van der Waals surface area contributed by atoms with Crippen LogP contribution in [0.15, 0.2) is 12.4 Å². The van der Waals surface area contributed by atoms with Gasteiger partial charge in [0.2, 0.25) is 0 Å². The first-order valence-electron chi connectivity index (χ1n) is 8.03. The van der Waals surface area contributed by atoms with Gasteiger partial charge in [-0.2, -0.15) is 16.9 Å². The topological polar surface area (TPSA) is 94.5 Å². The summed E-state index contributed by atoms with van der Waals surface area (Å²) in [5.41, 5.74) is 0.322. The van der Waals surface area contributed by atoms with E-state index in [4.69, 9.17) is 9.47 Å². The minimum atomic E-state index is -0.671. The Morgan fingerprint density at radius 1 is 1.40 bits per heavy atom. The molecule has 142 valence electrons. The zero-order valence-electron chi connectivity index (χ0n) is 15.5. The molecule has 2 amide bonds. The number of anilines is 1. The summed E-state index contributed by atoms with van der Waals surface area (Å²) in [5.74, 6) is 0.287. The number of nitrogens with zero attached hydrogens (tertiary/aromatic N) is 2. The van der Waals surface area contributed by atoms with Crippen LogP contribution >= 0.6 is 11.8 Å². The fourth-order valence-corrected chi connectivity index (χ4v) is 2.46. The number of esters is 1. The molecule has 0 radical (unpaired) electrons. The molecule has 1 aromatic heterocycles. The SMILES string of the molecule is COC(=O)C(CCSC)NC(=O)Nc1cnn(CCC(C)(C)OC)c1. The molecule has 25 heavy (non-hydrogen) atoms. The van der Waals surface area contributed by atoms with Crippen molar-refractivity contribution in [2.45, 2.75) is 44.9 Å². The van der Waals surface area contributed by atoms with E-state index in [0.29, 0.717) is 18.7 Å². The largest absolute Gasteiger partial charge is 0.467 e. The minimum Gasteiger partial charge on any atom is -0.467 e. The number of hydrogen-bond acceptors (Lipinski definition) is 6. The maximum absolute atomic E-state index is 12.1. The summed E-state index contributed by atoms with van der Waals surface area (Å²) in [6.45, 7) is 4.68. The first-order chi connectivity index (χ1) is 11.8. The van der Waals surface area contributed by atoms with Gasteiger partial charge in [0.25, 0.3) is 0 Å². The van der Waals surface area contributed by atoms with E-state index in [1.807, 2.05) is 20.1 Å². The molecular weight excluding hydrogens is 344 g/mol. The van der Waals surface area contributed by atoms with Crippen molar-refractivity contribution in [3.63, 3.8) is 0 Å². The van der Waals surface area contributed by atoms with E-state index in [2.05, 4.69) is 15.7 Å². The average Bonchev–Trinajstić information content (AvgIpc) is 3.03. The predicted molar refractivity (Wildman–Crippen MR) is 98.9 cm³/mol. The molecule has 0 bridgehead atoms. The lowest BCUT2D eigenvalue weighted by Gasteiger charge is -2.22. The number of amides is 2. The van der Waals surface area contributed by atoms with Gasteiger partial charge in [-0.05, 0) is 38.7 Å². The number of carbonyl (C=O) groups excluding carboxylic acids is 2. The molecule has 1 atom stereocenters. The third-order valence-electron chi connectivity index (χ3n) is 3.79. The molecule has 1 rings (SSSR count). The summed E-state index contributed by atoms with van der Waals surface area (Å²) in [6, 6.07) is -1.14. The Hall–Kier alpha value is -1.74. The van der Waals surface area contributed by atoms with Crippen LogP contribution in [0, 0.1) is 0 Å². The average molecular weight is 372 g/mol. The van der Waals surface area contributed by atoms with Crippen LogP contribution in [0.25, 0.3) is 0 Å². The lowest BCUT2D eigenvalue weighted by molar-refractivity contribution is -0.142. The van der Waals surface area contributed by atoms with Crippen molar-refractivity contribution in [3.05, 3.63) is 12.4 Å². The number of aromatic nitrogens is 2. The van der Waals surface area contributed by atoms with Crippen LogP contribution in [0.2, 0.25) is 0 Å². The van der Waals surface area contributed by atoms with E-state index in [-0.39, 0.29) is 5.60 Å². The molecule has 0 saturated heterocycles. The Morgan fingerprint density at radius 2 is 2.12 bits per heavy atom. The van der Waals surface area contributed by atoms with Crippen molar-refractivity contribution >= 4 is 29.4 Å². The molecule has 1 unspecified atom stereocenters. The molecule has 2 N–H and O–H groups in total. The van der Waals surface area contributed by atoms with Crippen molar-refractivity contribution in [2.24, 2.45) is 0 Å². The standard InChI is InChI=1S/C16H28N4O4S/c1-16(2,24-4)7-8-20-11-12(10-17-20)18-15(22)19-13(6-9-25-5)14(21)23-3/h10-11,13H,6-9H2,1-5H3,(H2,18,19,22). The van der Waals surface area contributed by atoms with Gasteiger partial charge >= 0.3 is 12.0 Å². The molecule has 9 heteroatoms. The number of carbonyl (C=O) groups is 2. The van der Waals surface area contributed by atoms with Crippen LogP contribution in [-0.2, 0) is 20.8 Å². The minimum absolute atomic E-state index is 0.234. The number of nitrogens with one attached hydrogen (secondary N) is 2. The highest BCUT2D eigenvalue weighted by Gasteiger charge is 2.21. The molecule has 8 nitrogen and oxygen atoms in total. The third kappa shape index (κ3) is 7.78. The van der Waals surface area contributed by atoms with Gasteiger partial charge in [-0.1, -0.05) is 0 Å². The number of ether oxygens (including phenoxy) is 2. The van der Waals surface area contributed by atoms with Gasteiger partial charge < -0.3 is 20.1 Å². The van der Waals surface area contributed by atoms with Crippen LogP contribution in [0.5, 0.6) is 0 Å². The highest BCUT2D eigenvalue weighted by molar-refractivity contribution is 7.98. The van der Waals surface area contributed by atoms with Gasteiger partial charge in [0.05, 0.1) is 24.6 Å². The van der Waals surface area contributed by atoms with Crippen molar-refractivity contribution in [1.82, 2.24) is 15.1 Å². The Balaban J connectivity index is 2.54.